The molecular formula is C18H24FNO3. The molecule has 0 N–H and O–H groups in total. The van der Waals surface area contributed by atoms with E-state index in [4.69, 9.17) is 9.47 Å². The maximum Gasteiger partial charge on any atom is 0.410 e. The molecule has 23 heavy (non-hydrogen) atoms. The van der Waals surface area contributed by atoms with E-state index >= 15 is 0 Å². The van der Waals surface area contributed by atoms with Crippen molar-refractivity contribution < 1.29 is 18.7 Å². The normalized spacial score (nSPS) is 27.2. The molecule has 1 aromatic rings. The Balaban J connectivity index is 1.88. The summed E-state index contributed by atoms with van der Waals surface area (Å²) in [4.78, 5) is 14.3. The first-order chi connectivity index (χ1) is 10.7. The van der Waals surface area contributed by atoms with E-state index in [2.05, 4.69) is 0 Å². The van der Waals surface area contributed by atoms with Gasteiger partial charge in [0.2, 0.25) is 0 Å². The summed E-state index contributed by atoms with van der Waals surface area (Å²) in [6, 6.07) is 4.67. The third-order valence-electron chi connectivity index (χ3n) is 4.65. The van der Waals surface area contributed by atoms with Gasteiger partial charge < -0.3 is 14.4 Å². The number of hydrogen-bond acceptors (Lipinski definition) is 3. The minimum Gasteiger partial charge on any atom is -0.444 e. The molecule has 2 aliphatic heterocycles. The number of nitrogens with zero attached hydrogens (tertiary/aromatic N) is 1. The number of likely N-dealkylation sites (tertiary alicyclic amines) is 1. The van der Waals surface area contributed by atoms with Crippen LogP contribution in [-0.2, 0) is 21.7 Å². The van der Waals surface area contributed by atoms with Gasteiger partial charge in [-0.3, -0.25) is 0 Å². The van der Waals surface area contributed by atoms with Crippen LogP contribution in [0.4, 0.5) is 9.18 Å². The van der Waals surface area contributed by atoms with Crippen molar-refractivity contribution in [3.63, 3.8) is 0 Å². The van der Waals surface area contributed by atoms with Gasteiger partial charge in [-0.2, -0.15) is 0 Å². The molecule has 3 rings (SSSR count). The van der Waals surface area contributed by atoms with Crippen molar-refractivity contribution in [2.24, 2.45) is 0 Å². The molecule has 0 radical (unpaired) electrons. The average Bonchev–Trinajstić information content (AvgIpc) is 3.03. The first-order valence-corrected chi connectivity index (χ1v) is 8.13. The van der Waals surface area contributed by atoms with Gasteiger partial charge in [-0.05, 0) is 63.8 Å². The van der Waals surface area contributed by atoms with Crippen LogP contribution in [0.1, 0.15) is 51.7 Å². The van der Waals surface area contributed by atoms with Gasteiger partial charge in [-0.15, -0.1) is 0 Å². The van der Waals surface area contributed by atoms with E-state index in [1.807, 2.05) is 27.7 Å². The van der Waals surface area contributed by atoms with Gasteiger partial charge in [0.15, 0.2) is 0 Å². The maximum atomic E-state index is 13.4. The van der Waals surface area contributed by atoms with E-state index in [-0.39, 0.29) is 18.0 Å². The summed E-state index contributed by atoms with van der Waals surface area (Å²) in [5.41, 5.74) is 0.696. The smallest absolute Gasteiger partial charge is 0.410 e. The fourth-order valence-corrected chi connectivity index (χ4v) is 3.63. The van der Waals surface area contributed by atoms with Gasteiger partial charge in [0.05, 0.1) is 12.6 Å². The Labute approximate surface area is 136 Å². The van der Waals surface area contributed by atoms with Crippen LogP contribution in [0, 0.1) is 5.82 Å². The van der Waals surface area contributed by atoms with Gasteiger partial charge in [-0.25, -0.2) is 9.18 Å². The molecule has 2 atom stereocenters. The van der Waals surface area contributed by atoms with Gasteiger partial charge in [0.25, 0.3) is 0 Å². The van der Waals surface area contributed by atoms with Gasteiger partial charge in [0.1, 0.15) is 17.0 Å². The van der Waals surface area contributed by atoms with Gasteiger partial charge in [-0.1, -0.05) is 6.07 Å². The van der Waals surface area contributed by atoms with Crippen molar-refractivity contribution in [1.82, 2.24) is 4.90 Å². The first-order valence-electron chi connectivity index (χ1n) is 8.13. The molecule has 1 aromatic carbocycles. The largest absolute Gasteiger partial charge is 0.444 e. The Morgan fingerprint density at radius 2 is 2.17 bits per heavy atom. The number of carbonyl (C=O) groups excluding carboxylic acids is 1. The van der Waals surface area contributed by atoms with Crippen LogP contribution < -0.4 is 0 Å². The monoisotopic (exact) mass is 321 g/mol. The number of halogens is 1. The Morgan fingerprint density at radius 1 is 1.43 bits per heavy atom. The fraction of sp³-hybridized carbons (Fsp3) is 0.611. The van der Waals surface area contributed by atoms with E-state index in [1.165, 1.54) is 12.1 Å². The molecule has 0 bridgehead atoms. The molecule has 1 unspecified atom stereocenters. The van der Waals surface area contributed by atoms with E-state index < -0.39 is 11.2 Å². The summed E-state index contributed by atoms with van der Waals surface area (Å²) in [7, 11) is 0. The van der Waals surface area contributed by atoms with Crippen molar-refractivity contribution in [2.45, 2.75) is 64.4 Å². The Morgan fingerprint density at radius 3 is 2.87 bits per heavy atom. The molecule has 1 fully saturated rings. The molecule has 0 aliphatic carbocycles. The standard InChI is InChI=1S/C18H24FNO3/c1-17(2,3)23-16(21)20-9-5-6-15(20)18(4)14-8-7-13(19)10-12(14)11-22-18/h7-8,10,15H,5-6,9,11H2,1-4H3/t15?,18-/m0/s1. The summed E-state index contributed by atoms with van der Waals surface area (Å²) in [6.45, 7) is 8.62. The van der Waals surface area contributed by atoms with Gasteiger partial charge >= 0.3 is 6.09 Å². The summed E-state index contributed by atoms with van der Waals surface area (Å²) in [6.07, 6.45) is 1.46. The zero-order valence-corrected chi connectivity index (χ0v) is 14.2. The number of rotatable bonds is 1. The van der Waals surface area contributed by atoms with Crippen LogP contribution >= 0.6 is 0 Å². The van der Waals surface area contributed by atoms with E-state index in [0.717, 1.165) is 24.0 Å². The van der Waals surface area contributed by atoms with Gasteiger partial charge in [0, 0.05) is 6.54 Å². The number of carbonyl (C=O) groups is 1. The lowest BCUT2D eigenvalue weighted by molar-refractivity contribution is -0.0785. The third-order valence-corrected chi connectivity index (χ3v) is 4.65. The quantitative estimate of drug-likeness (QED) is 0.785. The predicted octanol–water partition coefficient (Wildman–Crippen LogP) is 3.97. The second-order valence-corrected chi connectivity index (χ2v) is 7.53. The summed E-state index contributed by atoms with van der Waals surface area (Å²) < 4.78 is 25.0. The molecule has 0 aromatic heterocycles. The minimum absolute atomic E-state index is 0.0935. The molecule has 1 amide bonds. The van der Waals surface area contributed by atoms with Crippen LogP contribution in [0.5, 0.6) is 0 Å². The van der Waals surface area contributed by atoms with Crippen molar-refractivity contribution in [2.75, 3.05) is 6.54 Å². The van der Waals surface area contributed by atoms with Crippen LogP contribution in [0.25, 0.3) is 0 Å². The van der Waals surface area contributed by atoms with E-state index in [1.54, 1.807) is 11.0 Å². The highest BCUT2D eigenvalue weighted by molar-refractivity contribution is 5.69. The first kappa shape index (κ1) is 16.2. The molecule has 4 nitrogen and oxygen atoms in total. The Kier molecular flexibility index (Phi) is 3.87. The minimum atomic E-state index is -0.615. The van der Waals surface area contributed by atoms with Crippen LogP contribution in [0.2, 0.25) is 0 Å². The van der Waals surface area contributed by atoms with Crippen LogP contribution in [0.3, 0.4) is 0 Å². The van der Waals surface area contributed by atoms with E-state index in [9.17, 15) is 9.18 Å². The second kappa shape index (κ2) is 5.48. The van der Waals surface area contributed by atoms with E-state index in [0.29, 0.717) is 13.2 Å². The Bertz CT molecular complexity index is 625. The fourth-order valence-electron chi connectivity index (χ4n) is 3.63. The lowest BCUT2D eigenvalue weighted by Crippen LogP contribution is -2.49. The van der Waals surface area contributed by atoms with Crippen molar-refractivity contribution in [1.29, 1.82) is 0 Å². The number of hydrogen-bond donors (Lipinski definition) is 0. The highest BCUT2D eigenvalue weighted by Crippen LogP contribution is 2.44. The molecule has 5 heteroatoms. The highest BCUT2D eigenvalue weighted by atomic mass is 19.1. The maximum absolute atomic E-state index is 13.4. The summed E-state index contributed by atoms with van der Waals surface area (Å²) in [5, 5.41) is 0. The predicted molar refractivity (Wildman–Crippen MR) is 84.5 cm³/mol. The average molecular weight is 321 g/mol. The highest BCUT2D eigenvalue weighted by Gasteiger charge is 2.49. The third kappa shape index (κ3) is 2.94. The SMILES string of the molecule is CC(C)(C)OC(=O)N1CCCC1[C@@]1(C)OCc2cc(F)ccc21. The summed E-state index contributed by atoms with van der Waals surface area (Å²) in [5.74, 6) is -0.257. The Hall–Kier alpha value is -1.62. The molecular weight excluding hydrogens is 297 g/mol. The lowest BCUT2D eigenvalue weighted by atomic mass is 9.86. The molecule has 126 valence electrons. The molecule has 0 spiro atoms. The number of ether oxygens (including phenoxy) is 2. The molecule has 2 aliphatic rings. The number of benzene rings is 1. The molecule has 2 heterocycles. The van der Waals surface area contributed by atoms with Crippen molar-refractivity contribution in [3.05, 3.63) is 35.1 Å². The number of fused-ring (bicyclic) bond motifs is 1. The zero-order valence-electron chi connectivity index (χ0n) is 14.2. The van der Waals surface area contributed by atoms with Crippen LogP contribution in [-0.4, -0.2) is 29.2 Å². The lowest BCUT2D eigenvalue weighted by Gasteiger charge is -2.38. The van der Waals surface area contributed by atoms with Crippen molar-refractivity contribution >= 4 is 6.09 Å². The topological polar surface area (TPSA) is 38.8 Å². The molecule has 0 saturated carbocycles. The van der Waals surface area contributed by atoms with Crippen molar-refractivity contribution in [3.8, 4) is 0 Å². The van der Waals surface area contributed by atoms with Crippen LogP contribution in [0.15, 0.2) is 18.2 Å². The summed E-state index contributed by atoms with van der Waals surface area (Å²) >= 11 is 0. The second-order valence-electron chi connectivity index (χ2n) is 7.53. The zero-order chi connectivity index (χ0) is 16.8. The number of amides is 1. The molecule has 1 saturated heterocycles.